The number of anilines is 1. The van der Waals surface area contributed by atoms with Crippen LogP contribution in [0.1, 0.15) is 12.8 Å². The van der Waals surface area contributed by atoms with Gasteiger partial charge in [0.05, 0.1) is 5.69 Å². The van der Waals surface area contributed by atoms with Crippen LogP contribution in [0.15, 0.2) is 18.2 Å². The van der Waals surface area contributed by atoms with Crippen molar-refractivity contribution in [3.63, 3.8) is 0 Å². The number of piperazine rings is 1. The smallest absolute Gasteiger partial charge is 0.316 e. The summed E-state index contributed by atoms with van der Waals surface area (Å²) in [7, 11) is 0. The summed E-state index contributed by atoms with van der Waals surface area (Å²) in [5.41, 5.74) is 0.0179. The summed E-state index contributed by atoms with van der Waals surface area (Å²) in [5.74, 6) is -1.41. The zero-order chi connectivity index (χ0) is 13.4. The summed E-state index contributed by atoms with van der Waals surface area (Å²) in [6, 6.07) is 3.17. The molecule has 2 fully saturated rings. The molecule has 2 bridgehead atoms. The Morgan fingerprint density at radius 1 is 1.26 bits per heavy atom. The van der Waals surface area contributed by atoms with Crippen molar-refractivity contribution in [2.45, 2.75) is 24.9 Å². The van der Waals surface area contributed by atoms with Gasteiger partial charge in [0.2, 0.25) is 0 Å². The normalized spacial score (nSPS) is 25.5. The average molecular weight is 267 g/mol. The molecule has 2 aliphatic rings. The largest absolute Gasteiger partial charge is 0.322 e. The van der Waals surface area contributed by atoms with E-state index in [0.29, 0.717) is 0 Å². The van der Waals surface area contributed by atoms with Crippen LogP contribution in [0.4, 0.5) is 19.3 Å². The van der Waals surface area contributed by atoms with Gasteiger partial charge in [-0.1, -0.05) is 0 Å². The van der Waals surface area contributed by atoms with Gasteiger partial charge in [-0.05, 0) is 25.0 Å². The second-order valence-electron chi connectivity index (χ2n) is 5.00. The lowest BCUT2D eigenvalue weighted by atomic mass is 10.2. The Morgan fingerprint density at radius 2 is 1.95 bits per heavy atom. The average Bonchev–Trinajstić information content (AvgIpc) is 2.63. The van der Waals surface area contributed by atoms with Gasteiger partial charge in [-0.15, -0.1) is 0 Å². The van der Waals surface area contributed by atoms with Crippen molar-refractivity contribution in [2.24, 2.45) is 0 Å². The molecule has 4 nitrogen and oxygen atoms in total. The number of carbonyl (C=O) groups excluding carboxylic acids is 1. The van der Waals surface area contributed by atoms with E-state index in [2.05, 4.69) is 10.6 Å². The molecule has 3 rings (SSSR count). The maximum absolute atomic E-state index is 13.5. The van der Waals surface area contributed by atoms with Gasteiger partial charge in [0, 0.05) is 31.2 Å². The fourth-order valence-corrected chi connectivity index (χ4v) is 2.88. The molecule has 2 heterocycles. The molecule has 0 aromatic heterocycles. The fourth-order valence-electron chi connectivity index (χ4n) is 2.88. The summed E-state index contributed by atoms with van der Waals surface area (Å²) in [5, 5.41) is 5.79. The van der Waals surface area contributed by atoms with E-state index >= 15 is 0 Å². The molecule has 6 heteroatoms. The maximum atomic E-state index is 13.5. The predicted octanol–water partition coefficient (Wildman–Crippen LogP) is 1.93. The first kappa shape index (κ1) is 12.3. The van der Waals surface area contributed by atoms with Crippen molar-refractivity contribution in [2.75, 3.05) is 18.4 Å². The Hall–Kier alpha value is -1.69. The Labute approximate surface area is 109 Å². The number of hydrogen-bond donors (Lipinski definition) is 2. The number of nitrogens with one attached hydrogen (secondary N) is 2. The molecule has 2 amide bonds. The number of hydrogen-bond acceptors (Lipinski definition) is 2. The van der Waals surface area contributed by atoms with E-state index in [0.717, 1.165) is 38.1 Å². The van der Waals surface area contributed by atoms with Crippen LogP contribution in [0, 0.1) is 11.6 Å². The Morgan fingerprint density at radius 3 is 2.58 bits per heavy atom. The number of carbonyl (C=O) groups is 1. The number of nitrogens with zero attached hydrogens (tertiary/aromatic N) is 1. The molecule has 0 aliphatic carbocycles. The van der Waals surface area contributed by atoms with Crippen LogP contribution in [0.5, 0.6) is 0 Å². The minimum absolute atomic E-state index is 0.0179. The third-order valence-electron chi connectivity index (χ3n) is 3.79. The Bertz CT molecular complexity index is 493. The van der Waals surface area contributed by atoms with Crippen LogP contribution in [0.25, 0.3) is 0 Å². The van der Waals surface area contributed by atoms with Gasteiger partial charge < -0.3 is 15.5 Å². The van der Waals surface area contributed by atoms with Crippen LogP contribution >= 0.6 is 0 Å². The fraction of sp³-hybridized carbons (Fsp3) is 0.462. The van der Waals surface area contributed by atoms with Crippen molar-refractivity contribution >= 4 is 11.7 Å². The Balaban J connectivity index is 1.74. The number of rotatable bonds is 1. The highest BCUT2D eigenvalue weighted by atomic mass is 19.1. The molecule has 0 saturated carbocycles. The van der Waals surface area contributed by atoms with Gasteiger partial charge in [-0.2, -0.15) is 0 Å². The lowest BCUT2D eigenvalue weighted by molar-refractivity contribution is 0.166. The van der Waals surface area contributed by atoms with Crippen molar-refractivity contribution in [1.82, 2.24) is 10.2 Å². The van der Waals surface area contributed by atoms with Crippen molar-refractivity contribution in [3.05, 3.63) is 29.8 Å². The molecule has 0 radical (unpaired) electrons. The van der Waals surface area contributed by atoms with Crippen molar-refractivity contribution in [3.8, 4) is 0 Å². The van der Waals surface area contributed by atoms with Gasteiger partial charge >= 0.3 is 6.03 Å². The van der Waals surface area contributed by atoms with Crippen molar-refractivity contribution < 1.29 is 13.6 Å². The van der Waals surface area contributed by atoms with Crippen LogP contribution < -0.4 is 10.6 Å². The van der Waals surface area contributed by atoms with Crippen LogP contribution in [-0.4, -0.2) is 36.1 Å². The molecule has 1 aromatic rings. The number of benzene rings is 1. The predicted molar refractivity (Wildman–Crippen MR) is 66.9 cm³/mol. The molecule has 0 spiro atoms. The van der Waals surface area contributed by atoms with E-state index in [-0.39, 0.29) is 23.8 Å². The number of fused-ring (bicyclic) bond motifs is 2. The van der Waals surface area contributed by atoms with Gasteiger partial charge in [0.1, 0.15) is 11.6 Å². The first-order chi connectivity index (χ1) is 9.15. The summed E-state index contributed by atoms with van der Waals surface area (Å²) < 4.78 is 26.3. The second kappa shape index (κ2) is 4.77. The van der Waals surface area contributed by atoms with Gasteiger partial charge in [0.15, 0.2) is 0 Å². The number of halogens is 2. The molecular formula is C13H15F2N3O. The molecule has 2 saturated heterocycles. The molecule has 2 aliphatic heterocycles. The van der Waals surface area contributed by atoms with Gasteiger partial charge in [-0.25, -0.2) is 13.6 Å². The van der Waals surface area contributed by atoms with Crippen LogP contribution in [0.3, 0.4) is 0 Å². The molecule has 2 N–H and O–H groups in total. The van der Waals surface area contributed by atoms with E-state index in [1.165, 1.54) is 6.07 Å². The quantitative estimate of drug-likeness (QED) is 0.816. The molecular weight excluding hydrogens is 252 g/mol. The monoisotopic (exact) mass is 267 g/mol. The first-order valence-corrected chi connectivity index (χ1v) is 6.40. The topological polar surface area (TPSA) is 44.4 Å². The van der Waals surface area contributed by atoms with E-state index in [9.17, 15) is 13.6 Å². The summed E-state index contributed by atoms with van der Waals surface area (Å²) in [4.78, 5) is 14.0. The van der Waals surface area contributed by atoms with Crippen LogP contribution in [-0.2, 0) is 0 Å². The molecule has 102 valence electrons. The molecule has 2 unspecified atom stereocenters. The van der Waals surface area contributed by atoms with E-state index in [4.69, 9.17) is 0 Å². The summed E-state index contributed by atoms with van der Waals surface area (Å²) in [6.07, 6.45) is 1.94. The zero-order valence-corrected chi connectivity index (χ0v) is 10.3. The maximum Gasteiger partial charge on any atom is 0.322 e. The minimum Gasteiger partial charge on any atom is -0.316 e. The van der Waals surface area contributed by atoms with Crippen molar-refractivity contribution in [1.29, 1.82) is 0 Å². The highest BCUT2D eigenvalue weighted by Crippen LogP contribution is 2.27. The minimum atomic E-state index is -0.754. The van der Waals surface area contributed by atoms with E-state index in [1.54, 1.807) is 4.90 Å². The molecule has 2 atom stereocenters. The summed E-state index contributed by atoms with van der Waals surface area (Å²) in [6.45, 7) is 1.55. The molecule has 1 aromatic carbocycles. The van der Waals surface area contributed by atoms with E-state index < -0.39 is 11.6 Å². The van der Waals surface area contributed by atoms with E-state index in [1.807, 2.05) is 0 Å². The highest BCUT2D eigenvalue weighted by Gasteiger charge is 2.39. The zero-order valence-electron chi connectivity index (χ0n) is 10.3. The lowest BCUT2D eigenvalue weighted by Gasteiger charge is -2.35. The SMILES string of the molecule is O=C(Nc1ccc(F)cc1F)N1C2CCC1CNC2. The highest BCUT2D eigenvalue weighted by molar-refractivity contribution is 5.90. The standard InChI is InChI=1S/C13H15F2N3O/c14-8-1-4-12(11(15)5-8)17-13(19)18-9-2-3-10(18)7-16-6-9/h1,4-5,9-10,16H,2-3,6-7H2,(H,17,19). The van der Waals surface area contributed by atoms with Crippen LogP contribution in [0.2, 0.25) is 0 Å². The first-order valence-electron chi connectivity index (χ1n) is 6.40. The molecule has 19 heavy (non-hydrogen) atoms. The number of urea groups is 1. The Kier molecular flexibility index (Phi) is 3.10. The van der Waals surface area contributed by atoms with Gasteiger partial charge in [0.25, 0.3) is 0 Å². The third-order valence-corrected chi connectivity index (χ3v) is 3.79. The number of amides is 2. The lowest BCUT2D eigenvalue weighted by Crippen LogP contribution is -2.55. The third kappa shape index (κ3) is 2.28. The second-order valence-corrected chi connectivity index (χ2v) is 5.00. The van der Waals surface area contributed by atoms with Gasteiger partial charge in [-0.3, -0.25) is 0 Å². The summed E-state index contributed by atoms with van der Waals surface area (Å²) >= 11 is 0.